The summed E-state index contributed by atoms with van der Waals surface area (Å²) in [7, 11) is 0. The maximum absolute atomic E-state index is 10.9. The number of hydrogen-bond acceptors (Lipinski definition) is 3. The maximum atomic E-state index is 10.9. The van der Waals surface area contributed by atoms with Crippen LogP contribution in [0.5, 0.6) is 0 Å². The van der Waals surface area contributed by atoms with Gasteiger partial charge >= 0.3 is 0 Å². The van der Waals surface area contributed by atoms with Crippen LogP contribution in [0.4, 0.5) is 5.69 Å². The van der Waals surface area contributed by atoms with E-state index in [4.69, 9.17) is 10.5 Å². The van der Waals surface area contributed by atoms with Gasteiger partial charge in [-0.1, -0.05) is 19.9 Å². The van der Waals surface area contributed by atoms with Crippen molar-refractivity contribution in [2.24, 2.45) is 5.73 Å². The third-order valence-corrected chi connectivity index (χ3v) is 3.99. The smallest absolute Gasteiger partial charge is 0.241 e. The Balaban J connectivity index is 2.32. The van der Waals surface area contributed by atoms with E-state index < -0.39 is 5.91 Å². The van der Waals surface area contributed by atoms with Gasteiger partial charge in [-0.15, -0.1) is 0 Å². The molecule has 1 atom stereocenters. The molecule has 1 fully saturated rings. The number of hydrogen-bond donors (Lipinski definition) is 1. The molecule has 1 unspecified atom stereocenters. The van der Waals surface area contributed by atoms with Crippen LogP contribution in [0.25, 0.3) is 6.08 Å². The van der Waals surface area contributed by atoms with Crippen LogP contribution in [0.2, 0.25) is 0 Å². The van der Waals surface area contributed by atoms with E-state index in [1.165, 1.54) is 17.3 Å². The molecule has 1 heterocycles. The maximum Gasteiger partial charge on any atom is 0.241 e. The molecule has 1 saturated heterocycles. The van der Waals surface area contributed by atoms with Gasteiger partial charge in [0.15, 0.2) is 0 Å². The van der Waals surface area contributed by atoms with Gasteiger partial charge in [-0.05, 0) is 41.7 Å². The topological polar surface area (TPSA) is 55.6 Å². The Bertz CT molecular complexity index is 520. The Morgan fingerprint density at radius 3 is 2.76 bits per heavy atom. The average molecular weight is 288 g/mol. The summed E-state index contributed by atoms with van der Waals surface area (Å²) < 4.78 is 5.43. The minimum Gasteiger partial charge on any atom is -0.378 e. The molecular formula is C17H24N2O2. The van der Waals surface area contributed by atoms with Crippen LogP contribution in [0.3, 0.4) is 0 Å². The number of morpholine rings is 1. The molecule has 0 radical (unpaired) electrons. The summed E-state index contributed by atoms with van der Waals surface area (Å²) in [5.41, 5.74) is 8.78. The normalized spacial score (nSPS) is 17.1. The highest BCUT2D eigenvalue weighted by molar-refractivity contribution is 5.90. The molecule has 1 aliphatic heterocycles. The van der Waals surface area contributed by atoms with Gasteiger partial charge in [0, 0.05) is 24.9 Å². The third kappa shape index (κ3) is 4.08. The Hall–Kier alpha value is -1.81. The van der Waals surface area contributed by atoms with Crippen molar-refractivity contribution in [3.63, 3.8) is 0 Å². The van der Waals surface area contributed by atoms with Gasteiger partial charge in [-0.3, -0.25) is 4.79 Å². The van der Waals surface area contributed by atoms with Gasteiger partial charge < -0.3 is 15.4 Å². The molecule has 2 N–H and O–H groups in total. The summed E-state index contributed by atoms with van der Waals surface area (Å²) >= 11 is 0. The molecule has 1 aromatic rings. The lowest BCUT2D eigenvalue weighted by Crippen LogP contribution is -2.36. The number of rotatable bonds is 5. The molecule has 0 saturated carbocycles. The molecule has 114 valence electrons. The zero-order chi connectivity index (χ0) is 15.2. The van der Waals surface area contributed by atoms with Gasteiger partial charge in [0.25, 0.3) is 0 Å². The number of nitrogens with zero attached hydrogens (tertiary/aromatic N) is 1. The molecule has 4 heteroatoms. The second-order valence-corrected chi connectivity index (χ2v) is 5.46. The van der Waals surface area contributed by atoms with E-state index in [1.807, 2.05) is 6.07 Å². The van der Waals surface area contributed by atoms with E-state index in [1.54, 1.807) is 6.08 Å². The minimum atomic E-state index is -0.419. The highest BCUT2D eigenvalue weighted by Gasteiger charge is 2.17. The van der Waals surface area contributed by atoms with Crippen LogP contribution in [-0.4, -0.2) is 32.2 Å². The van der Waals surface area contributed by atoms with E-state index in [2.05, 4.69) is 30.9 Å². The molecule has 2 rings (SSSR count). The molecular weight excluding hydrogens is 264 g/mol. The van der Waals surface area contributed by atoms with Gasteiger partial charge in [0.05, 0.1) is 13.2 Å². The first-order valence-electron chi connectivity index (χ1n) is 7.56. The van der Waals surface area contributed by atoms with Crippen molar-refractivity contribution < 1.29 is 9.53 Å². The van der Waals surface area contributed by atoms with Gasteiger partial charge in [0.1, 0.15) is 0 Å². The van der Waals surface area contributed by atoms with Crippen LogP contribution >= 0.6 is 0 Å². The number of primary amides is 1. The fraction of sp³-hybridized carbons (Fsp3) is 0.471. The van der Waals surface area contributed by atoms with Crippen LogP contribution in [0, 0.1) is 0 Å². The molecule has 1 amide bonds. The van der Waals surface area contributed by atoms with Crippen LogP contribution in [0.15, 0.2) is 24.3 Å². The van der Waals surface area contributed by atoms with Crippen LogP contribution < -0.4 is 10.6 Å². The largest absolute Gasteiger partial charge is 0.378 e. The van der Waals surface area contributed by atoms with E-state index in [0.29, 0.717) is 5.92 Å². The molecule has 0 aliphatic carbocycles. The standard InChI is InChI=1S/C17H24N2O2/c1-3-13(2)15-12-14(5-7-17(18)20)4-6-16(15)19-8-10-21-11-9-19/h4-7,12-13H,3,8-11H2,1-2H3,(H2,18,20)/b7-5-. The number of carbonyl (C=O) groups is 1. The van der Waals surface area contributed by atoms with Gasteiger partial charge in [-0.2, -0.15) is 0 Å². The number of benzene rings is 1. The first-order valence-corrected chi connectivity index (χ1v) is 7.56. The summed E-state index contributed by atoms with van der Waals surface area (Å²) in [5, 5.41) is 0. The van der Waals surface area contributed by atoms with Crippen LogP contribution in [-0.2, 0) is 9.53 Å². The Morgan fingerprint density at radius 1 is 1.43 bits per heavy atom. The average Bonchev–Trinajstić information content (AvgIpc) is 2.52. The Labute approximate surface area is 126 Å². The summed E-state index contributed by atoms with van der Waals surface area (Å²) in [5.74, 6) is 0.0575. The molecule has 0 spiro atoms. The van der Waals surface area contributed by atoms with Crippen molar-refractivity contribution in [3.8, 4) is 0 Å². The molecule has 0 aromatic heterocycles. The number of nitrogens with two attached hydrogens (primary N) is 1. The summed E-state index contributed by atoms with van der Waals surface area (Å²) in [4.78, 5) is 13.3. The number of amides is 1. The highest BCUT2D eigenvalue weighted by Crippen LogP contribution is 2.31. The predicted octanol–water partition coefficient (Wildman–Crippen LogP) is 2.54. The zero-order valence-electron chi connectivity index (χ0n) is 12.8. The fourth-order valence-electron chi connectivity index (χ4n) is 2.56. The highest BCUT2D eigenvalue weighted by atomic mass is 16.5. The van der Waals surface area contributed by atoms with E-state index in [0.717, 1.165) is 38.3 Å². The molecule has 21 heavy (non-hydrogen) atoms. The van der Waals surface area contributed by atoms with Crippen molar-refractivity contribution in [1.29, 1.82) is 0 Å². The zero-order valence-corrected chi connectivity index (χ0v) is 12.8. The van der Waals surface area contributed by atoms with Crippen molar-refractivity contribution in [2.75, 3.05) is 31.2 Å². The summed E-state index contributed by atoms with van der Waals surface area (Å²) in [6.07, 6.45) is 4.27. The second kappa shape index (κ2) is 7.27. The number of carbonyl (C=O) groups excluding carboxylic acids is 1. The van der Waals surface area contributed by atoms with E-state index in [-0.39, 0.29) is 0 Å². The lowest BCUT2D eigenvalue weighted by Gasteiger charge is -2.32. The first kappa shape index (κ1) is 15.6. The SMILES string of the molecule is CCC(C)c1cc(/C=C\C(N)=O)ccc1N1CCOCC1. The lowest BCUT2D eigenvalue weighted by atomic mass is 9.94. The molecule has 0 bridgehead atoms. The first-order chi connectivity index (χ1) is 10.1. The second-order valence-electron chi connectivity index (χ2n) is 5.46. The molecule has 1 aliphatic rings. The quantitative estimate of drug-likeness (QED) is 0.847. The van der Waals surface area contributed by atoms with Crippen molar-refractivity contribution in [2.45, 2.75) is 26.2 Å². The van der Waals surface area contributed by atoms with Gasteiger partial charge in [0.2, 0.25) is 5.91 Å². The molecule has 1 aromatic carbocycles. The Morgan fingerprint density at radius 2 is 2.14 bits per heavy atom. The number of ether oxygens (including phenoxy) is 1. The van der Waals surface area contributed by atoms with Gasteiger partial charge in [-0.25, -0.2) is 0 Å². The van der Waals surface area contributed by atoms with E-state index >= 15 is 0 Å². The summed E-state index contributed by atoms with van der Waals surface area (Å²) in [6, 6.07) is 6.35. The van der Waals surface area contributed by atoms with Crippen molar-refractivity contribution in [3.05, 3.63) is 35.4 Å². The fourth-order valence-corrected chi connectivity index (χ4v) is 2.56. The predicted molar refractivity (Wildman–Crippen MR) is 86.4 cm³/mol. The number of anilines is 1. The third-order valence-electron chi connectivity index (χ3n) is 3.99. The summed E-state index contributed by atoms with van der Waals surface area (Å²) in [6.45, 7) is 7.85. The lowest BCUT2D eigenvalue weighted by molar-refractivity contribution is -0.113. The van der Waals surface area contributed by atoms with E-state index in [9.17, 15) is 4.79 Å². The van der Waals surface area contributed by atoms with Crippen molar-refractivity contribution in [1.82, 2.24) is 0 Å². The minimum absolute atomic E-state index is 0.419. The van der Waals surface area contributed by atoms with Crippen LogP contribution in [0.1, 0.15) is 37.3 Å². The Kier molecular flexibility index (Phi) is 5.39. The van der Waals surface area contributed by atoms with Crippen molar-refractivity contribution >= 4 is 17.7 Å². The monoisotopic (exact) mass is 288 g/mol. The molecule has 4 nitrogen and oxygen atoms in total.